The van der Waals surface area contributed by atoms with Crippen LogP contribution in [0.2, 0.25) is 0 Å². The second-order valence-electron chi connectivity index (χ2n) is 6.43. The van der Waals surface area contributed by atoms with E-state index in [1.54, 1.807) is 0 Å². The molecule has 0 bridgehead atoms. The van der Waals surface area contributed by atoms with Crippen molar-refractivity contribution in [3.8, 4) is 0 Å². The van der Waals surface area contributed by atoms with Gasteiger partial charge >= 0.3 is 0 Å². The first-order valence-corrected chi connectivity index (χ1v) is 8.15. The summed E-state index contributed by atoms with van der Waals surface area (Å²) in [5.74, 6) is -0.670. The second kappa shape index (κ2) is 5.01. The lowest BCUT2D eigenvalue weighted by Crippen LogP contribution is -2.28. The minimum absolute atomic E-state index is 0.111. The monoisotopic (exact) mass is 322 g/mol. The third kappa shape index (κ3) is 2.31. The Balaban J connectivity index is 1.68. The zero-order chi connectivity index (χ0) is 16.2. The van der Waals surface area contributed by atoms with Crippen molar-refractivity contribution >= 4 is 11.8 Å². The van der Waals surface area contributed by atoms with Crippen LogP contribution in [0.3, 0.4) is 0 Å². The van der Waals surface area contributed by atoms with Crippen molar-refractivity contribution in [1.82, 2.24) is 24.7 Å². The molecule has 6 nitrogen and oxygen atoms in total. The number of nitrogens with one attached hydrogen (secondary N) is 1. The van der Waals surface area contributed by atoms with Crippen molar-refractivity contribution in [2.45, 2.75) is 57.9 Å². The normalized spacial score (nSPS) is 21.2. The predicted octanol–water partition coefficient (Wildman–Crippen LogP) is 3.12. The van der Waals surface area contributed by atoms with Crippen LogP contribution in [0.4, 0.5) is 20.5 Å². The fraction of sp³-hybridized carbons (Fsp3) is 0.667. The highest BCUT2D eigenvalue weighted by molar-refractivity contribution is 5.60. The highest BCUT2D eigenvalue weighted by atomic mass is 19.3. The Morgan fingerprint density at radius 3 is 2.78 bits per heavy atom. The number of fused-ring (bicyclic) bond motifs is 2. The van der Waals surface area contributed by atoms with E-state index in [4.69, 9.17) is 0 Å². The van der Waals surface area contributed by atoms with E-state index in [0.717, 1.165) is 49.1 Å². The summed E-state index contributed by atoms with van der Waals surface area (Å²) in [5, 5.41) is 8.39. The lowest BCUT2D eigenvalue weighted by Gasteiger charge is -2.27. The van der Waals surface area contributed by atoms with Gasteiger partial charge in [-0.3, -0.25) is 9.47 Å². The number of imidazole rings is 1. The molecule has 2 aliphatic rings. The van der Waals surface area contributed by atoms with Gasteiger partial charge in [-0.1, -0.05) is 19.8 Å². The standard InChI is InChI=1S/C15H20F2N6/c1-3-4-5-6-22-13-11(8-23-9(2)20-21-14(22)23)18-12(19-13)10-7-15(10,16)17/h10H,3-8H2,1-2H3,(H,18,19). The first-order chi connectivity index (χ1) is 11.0. The first-order valence-electron chi connectivity index (χ1n) is 8.15. The molecule has 1 unspecified atom stereocenters. The van der Waals surface area contributed by atoms with Crippen LogP contribution in [-0.4, -0.2) is 37.2 Å². The van der Waals surface area contributed by atoms with Gasteiger partial charge in [0.25, 0.3) is 5.92 Å². The molecular formula is C15H20F2N6. The molecule has 1 aliphatic carbocycles. The summed E-state index contributed by atoms with van der Waals surface area (Å²) in [6.07, 6.45) is 3.12. The van der Waals surface area contributed by atoms with Crippen molar-refractivity contribution in [3.63, 3.8) is 0 Å². The highest BCUT2D eigenvalue weighted by Crippen LogP contribution is 2.55. The van der Waals surface area contributed by atoms with Crippen LogP contribution in [0.25, 0.3) is 0 Å². The Hall–Kier alpha value is -1.99. The van der Waals surface area contributed by atoms with E-state index in [2.05, 4.69) is 27.1 Å². The number of hydrogen-bond acceptors (Lipinski definition) is 4. The molecule has 23 heavy (non-hydrogen) atoms. The minimum atomic E-state index is -2.61. The maximum atomic E-state index is 13.4. The number of nitrogens with zero attached hydrogens (tertiary/aromatic N) is 5. The number of alkyl halides is 2. The SMILES string of the molecule is CCCCCN1c2nc(C3CC3(F)F)[nH]c2Cn2c(C)nnc21. The third-order valence-electron chi connectivity index (χ3n) is 4.65. The Labute approximate surface area is 132 Å². The van der Waals surface area contributed by atoms with Gasteiger partial charge in [-0.2, -0.15) is 0 Å². The van der Waals surface area contributed by atoms with Crippen LogP contribution < -0.4 is 4.90 Å². The molecule has 0 amide bonds. The zero-order valence-electron chi connectivity index (χ0n) is 13.3. The quantitative estimate of drug-likeness (QED) is 0.859. The summed E-state index contributed by atoms with van der Waals surface area (Å²) >= 11 is 0. The van der Waals surface area contributed by atoms with Crippen molar-refractivity contribution in [2.75, 3.05) is 11.4 Å². The molecule has 0 saturated heterocycles. The lowest BCUT2D eigenvalue weighted by molar-refractivity contribution is 0.111. The Kier molecular flexibility index (Phi) is 3.18. The van der Waals surface area contributed by atoms with Gasteiger partial charge < -0.3 is 4.98 Å². The lowest BCUT2D eigenvalue weighted by atomic mass is 10.2. The summed E-state index contributed by atoms with van der Waals surface area (Å²) in [4.78, 5) is 9.62. The molecule has 3 heterocycles. The van der Waals surface area contributed by atoms with Crippen molar-refractivity contribution < 1.29 is 8.78 Å². The number of rotatable bonds is 5. The van der Waals surface area contributed by atoms with E-state index in [1.165, 1.54) is 0 Å². The van der Waals surface area contributed by atoms with Gasteiger partial charge in [0, 0.05) is 13.0 Å². The van der Waals surface area contributed by atoms with Crippen molar-refractivity contribution in [3.05, 3.63) is 17.3 Å². The number of H-pyrrole nitrogens is 1. The van der Waals surface area contributed by atoms with Crippen LogP contribution in [-0.2, 0) is 6.54 Å². The summed E-state index contributed by atoms with van der Waals surface area (Å²) in [6, 6.07) is 0. The smallest absolute Gasteiger partial charge is 0.259 e. The summed E-state index contributed by atoms with van der Waals surface area (Å²) < 4.78 is 28.7. The third-order valence-corrected chi connectivity index (χ3v) is 4.65. The molecule has 8 heteroatoms. The van der Waals surface area contributed by atoms with E-state index < -0.39 is 11.8 Å². The van der Waals surface area contributed by atoms with E-state index in [-0.39, 0.29) is 6.42 Å². The molecule has 0 radical (unpaired) electrons. The fourth-order valence-corrected chi connectivity index (χ4v) is 3.16. The zero-order valence-corrected chi connectivity index (χ0v) is 13.3. The number of aromatic nitrogens is 5. The molecule has 2 aromatic rings. The average Bonchev–Trinajstić information content (AvgIpc) is 2.87. The number of aromatic amines is 1. The van der Waals surface area contributed by atoms with E-state index in [9.17, 15) is 8.78 Å². The summed E-state index contributed by atoms with van der Waals surface area (Å²) in [6.45, 7) is 5.37. The number of hydrogen-bond donors (Lipinski definition) is 1. The molecule has 1 fully saturated rings. The maximum absolute atomic E-state index is 13.4. The molecular weight excluding hydrogens is 302 g/mol. The Morgan fingerprint density at radius 1 is 1.30 bits per heavy atom. The topological polar surface area (TPSA) is 62.6 Å². The van der Waals surface area contributed by atoms with Gasteiger partial charge in [0.15, 0.2) is 5.82 Å². The van der Waals surface area contributed by atoms with E-state index in [0.29, 0.717) is 12.4 Å². The Bertz CT molecular complexity index is 734. The molecule has 124 valence electrons. The average molecular weight is 322 g/mol. The molecule has 0 aromatic carbocycles. The summed E-state index contributed by atoms with van der Waals surface area (Å²) in [5.41, 5.74) is 0.870. The number of aryl methyl sites for hydroxylation is 1. The maximum Gasteiger partial charge on any atom is 0.259 e. The van der Waals surface area contributed by atoms with Crippen molar-refractivity contribution in [2.24, 2.45) is 0 Å². The van der Waals surface area contributed by atoms with Gasteiger partial charge in [0.1, 0.15) is 11.6 Å². The van der Waals surface area contributed by atoms with Gasteiger partial charge in [-0.15, -0.1) is 10.2 Å². The van der Waals surface area contributed by atoms with E-state index in [1.807, 2.05) is 16.4 Å². The van der Waals surface area contributed by atoms with Gasteiger partial charge in [0.05, 0.1) is 18.2 Å². The minimum Gasteiger partial charge on any atom is -0.342 e. The molecule has 4 rings (SSSR count). The molecule has 1 aliphatic heterocycles. The second-order valence-corrected chi connectivity index (χ2v) is 6.43. The highest BCUT2D eigenvalue weighted by Gasteiger charge is 2.59. The molecule has 1 saturated carbocycles. The van der Waals surface area contributed by atoms with Gasteiger partial charge in [-0.25, -0.2) is 13.8 Å². The summed E-state index contributed by atoms with van der Waals surface area (Å²) in [7, 11) is 0. The number of anilines is 2. The number of unbranched alkanes of at least 4 members (excludes halogenated alkanes) is 2. The molecule has 1 atom stereocenters. The van der Waals surface area contributed by atoms with Gasteiger partial charge in [-0.05, 0) is 13.3 Å². The molecule has 2 aromatic heterocycles. The fourth-order valence-electron chi connectivity index (χ4n) is 3.16. The van der Waals surface area contributed by atoms with Crippen LogP contribution in [0.1, 0.15) is 55.9 Å². The van der Waals surface area contributed by atoms with Crippen molar-refractivity contribution in [1.29, 1.82) is 0 Å². The number of halogens is 2. The van der Waals surface area contributed by atoms with E-state index >= 15 is 0 Å². The van der Waals surface area contributed by atoms with Crippen LogP contribution in [0, 0.1) is 6.92 Å². The van der Waals surface area contributed by atoms with Crippen LogP contribution in [0.15, 0.2) is 0 Å². The largest absolute Gasteiger partial charge is 0.342 e. The molecule has 1 N–H and O–H groups in total. The van der Waals surface area contributed by atoms with Gasteiger partial charge in [0.2, 0.25) is 5.95 Å². The van der Waals surface area contributed by atoms with Crippen LogP contribution in [0.5, 0.6) is 0 Å². The Morgan fingerprint density at radius 2 is 2.09 bits per heavy atom. The van der Waals surface area contributed by atoms with Crippen LogP contribution >= 0.6 is 0 Å². The predicted molar refractivity (Wildman–Crippen MR) is 81.3 cm³/mol. The first kappa shape index (κ1) is 14.6. The molecule has 0 spiro atoms.